The van der Waals surface area contributed by atoms with E-state index >= 15 is 13.2 Å². The van der Waals surface area contributed by atoms with Crippen molar-refractivity contribution in [1.82, 2.24) is 19.4 Å². The van der Waals surface area contributed by atoms with Crippen LogP contribution in [0.4, 0.5) is 19.0 Å². The standard InChI is InChI=1S/C32H30F3N5O3/c1-6-22(41)38-13-18(5)39-19(14-38)15-43-30-24-29(25(34)23(26(30)35)20-9-7-8-10-21(20)33)40(32(42)37-31(24)39)28-17(4)11-12-36-27(28)16(2)3/h6-12,16,18-19H,1,13-15H2,2-5H3. The van der Waals surface area contributed by atoms with Gasteiger partial charge in [-0.25, -0.2) is 18.0 Å². The van der Waals surface area contributed by atoms with Crippen LogP contribution >= 0.6 is 0 Å². The van der Waals surface area contributed by atoms with Crippen molar-refractivity contribution in [3.05, 3.63) is 88.4 Å². The number of ether oxygens (including phenoxy) is 1. The molecule has 6 rings (SSSR count). The fraction of sp³-hybridized carbons (Fsp3) is 0.312. The van der Waals surface area contributed by atoms with E-state index in [9.17, 15) is 9.59 Å². The molecule has 8 nitrogen and oxygen atoms in total. The molecule has 0 N–H and O–H groups in total. The average molecular weight is 590 g/mol. The van der Waals surface area contributed by atoms with Crippen LogP contribution in [0.5, 0.6) is 5.75 Å². The van der Waals surface area contributed by atoms with Crippen LogP contribution in [0, 0.1) is 24.4 Å². The summed E-state index contributed by atoms with van der Waals surface area (Å²) in [4.78, 5) is 38.9. The van der Waals surface area contributed by atoms with E-state index in [4.69, 9.17) is 4.74 Å². The zero-order valence-corrected chi connectivity index (χ0v) is 24.2. The number of pyridine rings is 1. The Morgan fingerprint density at radius 3 is 2.58 bits per heavy atom. The second-order valence-corrected chi connectivity index (χ2v) is 11.3. The molecule has 1 saturated heterocycles. The predicted molar refractivity (Wildman–Crippen MR) is 157 cm³/mol. The molecule has 222 valence electrons. The Kier molecular flexibility index (Phi) is 6.98. The Morgan fingerprint density at radius 2 is 1.88 bits per heavy atom. The van der Waals surface area contributed by atoms with E-state index in [1.54, 1.807) is 29.0 Å². The van der Waals surface area contributed by atoms with Gasteiger partial charge in [0.15, 0.2) is 17.4 Å². The molecular weight excluding hydrogens is 559 g/mol. The molecule has 2 aliphatic rings. The summed E-state index contributed by atoms with van der Waals surface area (Å²) in [5, 5.41) is -0.0505. The maximum Gasteiger partial charge on any atom is 0.354 e. The zero-order valence-electron chi connectivity index (χ0n) is 24.2. The first-order valence-electron chi connectivity index (χ1n) is 14.1. The molecular formula is C32H30F3N5O3. The number of carbonyl (C=O) groups excluding carboxylic acids is 1. The van der Waals surface area contributed by atoms with Gasteiger partial charge in [-0.3, -0.25) is 14.3 Å². The van der Waals surface area contributed by atoms with Crippen LogP contribution in [0.25, 0.3) is 27.7 Å². The molecule has 11 heteroatoms. The van der Waals surface area contributed by atoms with Crippen LogP contribution in [-0.2, 0) is 4.79 Å². The Balaban J connectivity index is 1.76. The highest BCUT2D eigenvalue weighted by Crippen LogP contribution is 2.46. The fourth-order valence-corrected chi connectivity index (χ4v) is 6.27. The molecule has 43 heavy (non-hydrogen) atoms. The molecule has 0 radical (unpaired) electrons. The number of rotatable bonds is 4. The van der Waals surface area contributed by atoms with E-state index in [1.165, 1.54) is 24.3 Å². The molecule has 4 aromatic rings. The third-order valence-corrected chi connectivity index (χ3v) is 8.15. The van der Waals surface area contributed by atoms with Gasteiger partial charge in [-0.15, -0.1) is 0 Å². The summed E-state index contributed by atoms with van der Waals surface area (Å²) >= 11 is 0. The van der Waals surface area contributed by atoms with Crippen LogP contribution in [0.1, 0.15) is 37.9 Å². The highest BCUT2D eigenvalue weighted by atomic mass is 19.1. The van der Waals surface area contributed by atoms with Crippen molar-refractivity contribution in [2.45, 2.75) is 45.7 Å². The lowest BCUT2D eigenvalue weighted by molar-refractivity contribution is -0.127. The fourth-order valence-electron chi connectivity index (χ4n) is 6.27. The molecule has 2 aromatic heterocycles. The number of anilines is 1. The number of hydrogen-bond donors (Lipinski definition) is 0. The van der Waals surface area contributed by atoms with Gasteiger partial charge in [0.05, 0.1) is 28.4 Å². The molecule has 0 spiro atoms. The summed E-state index contributed by atoms with van der Waals surface area (Å²) in [5.41, 5.74) is -0.638. The number of aromatic nitrogens is 3. The zero-order chi connectivity index (χ0) is 30.7. The lowest BCUT2D eigenvalue weighted by atomic mass is 9.98. The smallest absolute Gasteiger partial charge is 0.354 e. The molecule has 2 unspecified atom stereocenters. The topological polar surface area (TPSA) is 80.6 Å². The van der Waals surface area contributed by atoms with Gasteiger partial charge in [0.2, 0.25) is 5.91 Å². The average Bonchev–Trinajstić information content (AvgIpc) is 3.13. The minimum Gasteiger partial charge on any atom is -0.487 e. The largest absolute Gasteiger partial charge is 0.487 e. The second kappa shape index (κ2) is 10.6. The maximum atomic E-state index is 17.0. The van der Waals surface area contributed by atoms with Crippen LogP contribution < -0.4 is 15.3 Å². The summed E-state index contributed by atoms with van der Waals surface area (Å²) in [6.07, 6.45) is 2.81. The van der Waals surface area contributed by atoms with E-state index in [0.29, 0.717) is 16.9 Å². The number of piperazine rings is 1. The normalized spacial score (nSPS) is 18.0. The molecule has 2 aromatic carbocycles. The van der Waals surface area contributed by atoms with Gasteiger partial charge >= 0.3 is 5.69 Å². The van der Waals surface area contributed by atoms with Gasteiger partial charge in [0.25, 0.3) is 0 Å². The number of carbonyl (C=O) groups is 1. The van der Waals surface area contributed by atoms with E-state index in [-0.39, 0.29) is 59.6 Å². The molecule has 0 bridgehead atoms. The lowest BCUT2D eigenvalue weighted by Gasteiger charge is -2.45. The molecule has 4 heterocycles. The molecule has 0 aliphatic carbocycles. The third kappa shape index (κ3) is 4.36. The first kappa shape index (κ1) is 28.4. The number of halogens is 3. The second-order valence-electron chi connectivity index (χ2n) is 11.3. The van der Waals surface area contributed by atoms with Crippen molar-refractivity contribution in [2.24, 2.45) is 0 Å². The number of hydrogen-bond acceptors (Lipinski definition) is 6. The number of nitrogens with zero attached hydrogens (tertiary/aromatic N) is 5. The number of benzene rings is 2. The predicted octanol–water partition coefficient (Wildman–Crippen LogP) is 5.28. The van der Waals surface area contributed by atoms with E-state index in [0.717, 1.165) is 10.6 Å². The van der Waals surface area contributed by atoms with Crippen molar-refractivity contribution in [3.8, 4) is 22.6 Å². The van der Waals surface area contributed by atoms with Crippen LogP contribution in [0.15, 0.2) is 54.0 Å². The van der Waals surface area contributed by atoms with Gasteiger partial charge < -0.3 is 14.5 Å². The third-order valence-electron chi connectivity index (χ3n) is 8.15. The van der Waals surface area contributed by atoms with Gasteiger partial charge in [-0.1, -0.05) is 38.6 Å². The Morgan fingerprint density at radius 1 is 1.14 bits per heavy atom. The highest BCUT2D eigenvalue weighted by molar-refractivity contribution is 6.00. The van der Waals surface area contributed by atoms with Gasteiger partial charge in [-0.05, 0) is 43.5 Å². The summed E-state index contributed by atoms with van der Waals surface area (Å²) in [5.74, 6) is -3.84. The van der Waals surface area contributed by atoms with Crippen LogP contribution in [0.2, 0.25) is 0 Å². The monoisotopic (exact) mass is 589 g/mol. The highest BCUT2D eigenvalue weighted by Gasteiger charge is 2.41. The Bertz CT molecular complexity index is 1870. The molecule has 2 aliphatic heterocycles. The Hall–Kier alpha value is -4.67. The summed E-state index contributed by atoms with van der Waals surface area (Å²) in [6, 6.07) is 6.02. The SMILES string of the molecule is C=CC(=O)N1CC(C)N2c3nc(=O)n(-c4c(C)ccnc4C(C)C)c4c(F)c(-c5ccccc5F)c(F)c(c34)OCC2C1. The summed E-state index contributed by atoms with van der Waals surface area (Å²) in [6.45, 7) is 11.3. The van der Waals surface area contributed by atoms with Crippen molar-refractivity contribution in [2.75, 3.05) is 24.6 Å². The first-order chi connectivity index (χ1) is 20.5. The van der Waals surface area contributed by atoms with Crippen molar-refractivity contribution in [1.29, 1.82) is 0 Å². The Labute approximate surface area is 246 Å². The molecule has 0 saturated carbocycles. The van der Waals surface area contributed by atoms with E-state index in [2.05, 4.69) is 16.5 Å². The van der Waals surface area contributed by atoms with Crippen molar-refractivity contribution in [3.63, 3.8) is 0 Å². The minimum atomic E-state index is -1.13. The van der Waals surface area contributed by atoms with E-state index < -0.39 is 40.8 Å². The summed E-state index contributed by atoms with van der Waals surface area (Å²) < 4.78 is 55.8. The molecule has 2 atom stereocenters. The maximum absolute atomic E-state index is 17.0. The van der Waals surface area contributed by atoms with Crippen LogP contribution in [-0.4, -0.2) is 57.1 Å². The quantitative estimate of drug-likeness (QED) is 0.302. The van der Waals surface area contributed by atoms with Gasteiger partial charge in [0.1, 0.15) is 23.8 Å². The van der Waals surface area contributed by atoms with Gasteiger partial charge in [0, 0.05) is 30.9 Å². The number of amides is 1. The van der Waals surface area contributed by atoms with Gasteiger partial charge in [-0.2, -0.15) is 4.98 Å². The number of fused-ring (bicyclic) bond motifs is 2. The molecule has 1 fully saturated rings. The molecule has 1 amide bonds. The van der Waals surface area contributed by atoms with E-state index in [1.807, 2.05) is 20.8 Å². The number of aryl methyl sites for hydroxylation is 1. The minimum absolute atomic E-state index is 0.0393. The summed E-state index contributed by atoms with van der Waals surface area (Å²) in [7, 11) is 0. The first-order valence-corrected chi connectivity index (χ1v) is 14.1. The van der Waals surface area contributed by atoms with Crippen LogP contribution in [0.3, 0.4) is 0 Å². The van der Waals surface area contributed by atoms with Crippen molar-refractivity contribution < 1.29 is 22.7 Å². The van der Waals surface area contributed by atoms with Crippen molar-refractivity contribution >= 4 is 22.6 Å². The lowest BCUT2D eigenvalue weighted by Crippen LogP contribution is -2.61.